The van der Waals surface area contributed by atoms with Gasteiger partial charge >= 0.3 is 5.97 Å². The highest BCUT2D eigenvalue weighted by Gasteiger charge is 2.21. The van der Waals surface area contributed by atoms with Gasteiger partial charge in [-0.05, 0) is 35.9 Å². The molecule has 0 aliphatic carbocycles. The highest BCUT2D eigenvalue weighted by Crippen LogP contribution is 2.23. The first-order valence-electron chi connectivity index (χ1n) is 5.95. The Balaban J connectivity index is 2.28. The molecule has 1 N–H and O–H groups in total. The summed E-state index contributed by atoms with van der Waals surface area (Å²) in [5.74, 6) is -0.822. The zero-order valence-corrected chi connectivity index (χ0v) is 11.5. The van der Waals surface area contributed by atoms with Crippen LogP contribution in [0.5, 0.6) is 0 Å². The lowest BCUT2D eigenvalue weighted by Crippen LogP contribution is -2.22. The fourth-order valence-corrected chi connectivity index (χ4v) is 1.99. The summed E-state index contributed by atoms with van der Waals surface area (Å²) in [6.45, 7) is 0. The van der Waals surface area contributed by atoms with E-state index >= 15 is 0 Å². The summed E-state index contributed by atoms with van der Waals surface area (Å²) in [5.41, 5.74) is 1.29. The van der Waals surface area contributed by atoms with Crippen LogP contribution in [0.4, 0.5) is 10.1 Å². The van der Waals surface area contributed by atoms with Crippen molar-refractivity contribution in [2.75, 3.05) is 12.4 Å². The van der Waals surface area contributed by atoms with Crippen molar-refractivity contribution in [2.45, 2.75) is 6.04 Å². The Labute approximate surface area is 121 Å². The van der Waals surface area contributed by atoms with Crippen LogP contribution >= 0.6 is 11.6 Å². The Morgan fingerprint density at radius 1 is 1.25 bits per heavy atom. The van der Waals surface area contributed by atoms with Crippen LogP contribution in [-0.4, -0.2) is 13.1 Å². The summed E-state index contributed by atoms with van der Waals surface area (Å²) in [4.78, 5) is 11.9. The molecular formula is C15H13ClFNO2. The van der Waals surface area contributed by atoms with Gasteiger partial charge in [0.25, 0.3) is 0 Å². The van der Waals surface area contributed by atoms with Gasteiger partial charge in [-0.25, -0.2) is 9.18 Å². The van der Waals surface area contributed by atoms with E-state index in [0.717, 1.165) is 0 Å². The molecule has 20 heavy (non-hydrogen) atoms. The van der Waals surface area contributed by atoms with Crippen LogP contribution < -0.4 is 5.32 Å². The molecular weight excluding hydrogens is 281 g/mol. The number of nitrogens with one attached hydrogen (secondary N) is 1. The molecule has 0 saturated carbocycles. The standard InChI is InChI=1S/C15H13ClFNO2/c1-20-15(19)14(10-5-7-12(17)8-6-10)18-13-4-2-3-11(16)9-13/h2-9,14,18H,1H3. The predicted molar refractivity (Wildman–Crippen MR) is 76.2 cm³/mol. The Morgan fingerprint density at radius 2 is 1.95 bits per heavy atom. The quantitative estimate of drug-likeness (QED) is 0.871. The van der Waals surface area contributed by atoms with Gasteiger partial charge < -0.3 is 10.1 Å². The summed E-state index contributed by atoms with van der Waals surface area (Å²) in [7, 11) is 1.30. The Kier molecular flexibility index (Phi) is 4.58. The maximum Gasteiger partial charge on any atom is 0.332 e. The molecule has 0 amide bonds. The third-order valence-electron chi connectivity index (χ3n) is 2.78. The third kappa shape index (κ3) is 3.48. The molecule has 0 aliphatic rings. The van der Waals surface area contributed by atoms with E-state index in [-0.39, 0.29) is 5.82 Å². The summed E-state index contributed by atoms with van der Waals surface area (Å²) in [6, 6.07) is 11.9. The van der Waals surface area contributed by atoms with E-state index in [1.54, 1.807) is 24.3 Å². The summed E-state index contributed by atoms with van der Waals surface area (Å²) >= 11 is 5.90. The SMILES string of the molecule is COC(=O)C(Nc1cccc(Cl)c1)c1ccc(F)cc1. The first-order chi connectivity index (χ1) is 9.60. The summed E-state index contributed by atoms with van der Waals surface area (Å²) in [5, 5.41) is 3.58. The van der Waals surface area contributed by atoms with Gasteiger partial charge in [-0.1, -0.05) is 29.8 Å². The van der Waals surface area contributed by atoms with Gasteiger partial charge in [-0.3, -0.25) is 0 Å². The van der Waals surface area contributed by atoms with Crippen molar-refractivity contribution < 1.29 is 13.9 Å². The van der Waals surface area contributed by atoms with E-state index in [1.807, 2.05) is 0 Å². The molecule has 0 fully saturated rings. The largest absolute Gasteiger partial charge is 0.467 e. The van der Waals surface area contributed by atoms with E-state index in [0.29, 0.717) is 16.3 Å². The predicted octanol–water partition coefficient (Wildman–Crippen LogP) is 3.81. The normalized spacial score (nSPS) is 11.8. The van der Waals surface area contributed by atoms with Gasteiger partial charge in [0.1, 0.15) is 5.82 Å². The van der Waals surface area contributed by atoms with Crippen molar-refractivity contribution >= 4 is 23.3 Å². The third-order valence-corrected chi connectivity index (χ3v) is 3.01. The van der Waals surface area contributed by atoms with Crippen molar-refractivity contribution in [3.8, 4) is 0 Å². The summed E-state index contributed by atoms with van der Waals surface area (Å²) < 4.78 is 17.7. The van der Waals surface area contributed by atoms with Crippen LogP contribution in [0.1, 0.15) is 11.6 Å². The number of benzene rings is 2. The van der Waals surface area contributed by atoms with Crippen LogP contribution in [0.25, 0.3) is 0 Å². The molecule has 0 saturated heterocycles. The minimum atomic E-state index is -0.723. The number of anilines is 1. The number of methoxy groups -OCH3 is 1. The van der Waals surface area contributed by atoms with Crippen molar-refractivity contribution in [3.63, 3.8) is 0 Å². The zero-order valence-electron chi connectivity index (χ0n) is 10.8. The number of hydrogen-bond acceptors (Lipinski definition) is 3. The molecule has 0 aromatic heterocycles. The van der Waals surface area contributed by atoms with Crippen molar-refractivity contribution in [3.05, 3.63) is 64.9 Å². The fourth-order valence-electron chi connectivity index (χ4n) is 1.80. The molecule has 3 nitrogen and oxygen atoms in total. The monoisotopic (exact) mass is 293 g/mol. The van der Waals surface area contributed by atoms with E-state index in [9.17, 15) is 9.18 Å². The molecule has 0 bridgehead atoms. The molecule has 0 radical (unpaired) electrons. The first-order valence-corrected chi connectivity index (χ1v) is 6.33. The molecule has 0 aliphatic heterocycles. The number of carbonyl (C=O) groups is 1. The van der Waals surface area contributed by atoms with Crippen LogP contribution in [0, 0.1) is 5.82 Å². The molecule has 2 aromatic carbocycles. The minimum absolute atomic E-state index is 0.361. The molecule has 2 aromatic rings. The highest BCUT2D eigenvalue weighted by atomic mass is 35.5. The van der Waals surface area contributed by atoms with Gasteiger partial charge in [0.05, 0.1) is 7.11 Å². The van der Waals surface area contributed by atoms with E-state index < -0.39 is 12.0 Å². The lowest BCUT2D eigenvalue weighted by Gasteiger charge is -2.18. The molecule has 0 heterocycles. The number of esters is 1. The molecule has 1 unspecified atom stereocenters. The minimum Gasteiger partial charge on any atom is -0.467 e. The van der Waals surface area contributed by atoms with Gasteiger partial charge in [-0.2, -0.15) is 0 Å². The lowest BCUT2D eigenvalue weighted by molar-refractivity contribution is -0.141. The number of rotatable bonds is 4. The van der Waals surface area contributed by atoms with Crippen LogP contribution in [-0.2, 0) is 9.53 Å². The van der Waals surface area contributed by atoms with Crippen LogP contribution in [0.3, 0.4) is 0 Å². The van der Waals surface area contributed by atoms with Crippen molar-refractivity contribution in [1.29, 1.82) is 0 Å². The van der Waals surface area contributed by atoms with Crippen LogP contribution in [0.2, 0.25) is 5.02 Å². The van der Waals surface area contributed by atoms with Crippen LogP contribution in [0.15, 0.2) is 48.5 Å². The average Bonchev–Trinajstić information content (AvgIpc) is 2.45. The number of ether oxygens (including phenoxy) is 1. The maximum absolute atomic E-state index is 13.0. The second kappa shape index (κ2) is 6.39. The Hall–Kier alpha value is -2.07. The second-order valence-electron chi connectivity index (χ2n) is 4.16. The Bertz CT molecular complexity index is 601. The van der Waals surface area contributed by atoms with E-state index in [2.05, 4.69) is 5.32 Å². The summed E-state index contributed by atoms with van der Waals surface area (Å²) in [6.07, 6.45) is 0. The maximum atomic E-state index is 13.0. The lowest BCUT2D eigenvalue weighted by atomic mass is 10.1. The molecule has 1 atom stereocenters. The zero-order chi connectivity index (χ0) is 14.5. The number of hydrogen-bond donors (Lipinski definition) is 1. The van der Waals surface area contributed by atoms with Gasteiger partial charge in [-0.15, -0.1) is 0 Å². The number of halogens is 2. The fraction of sp³-hybridized carbons (Fsp3) is 0.133. The molecule has 2 rings (SSSR count). The highest BCUT2D eigenvalue weighted by molar-refractivity contribution is 6.30. The topological polar surface area (TPSA) is 38.3 Å². The Morgan fingerprint density at radius 3 is 2.55 bits per heavy atom. The smallest absolute Gasteiger partial charge is 0.332 e. The van der Waals surface area contributed by atoms with E-state index in [1.165, 1.54) is 31.4 Å². The van der Waals surface area contributed by atoms with Gasteiger partial charge in [0.2, 0.25) is 0 Å². The van der Waals surface area contributed by atoms with Gasteiger partial charge in [0.15, 0.2) is 6.04 Å². The molecule has 104 valence electrons. The molecule has 0 spiro atoms. The van der Waals surface area contributed by atoms with Crippen molar-refractivity contribution in [1.82, 2.24) is 0 Å². The van der Waals surface area contributed by atoms with Crippen molar-refractivity contribution in [2.24, 2.45) is 0 Å². The second-order valence-corrected chi connectivity index (χ2v) is 4.60. The first kappa shape index (κ1) is 14.3. The number of carbonyl (C=O) groups excluding carboxylic acids is 1. The van der Waals surface area contributed by atoms with Gasteiger partial charge in [0, 0.05) is 10.7 Å². The van der Waals surface area contributed by atoms with E-state index in [4.69, 9.17) is 16.3 Å². The molecule has 5 heteroatoms. The average molecular weight is 294 g/mol.